The molecular weight excluding hydrogens is 711 g/mol. The minimum absolute atomic E-state index is 0.0254. The van der Waals surface area contributed by atoms with Gasteiger partial charge in [-0.2, -0.15) is 0 Å². The Morgan fingerprint density at radius 3 is 2.14 bits per heavy atom. The predicted molar refractivity (Wildman–Crippen MR) is 228 cm³/mol. The van der Waals surface area contributed by atoms with E-state index in [1.165, 1.54) is 0 Å². The molecule has 3 N–H and O–H groups in total. The first-order valence-corrected chi connectivity index (χ1v) is 19.8. The number of piperidine rings is 1. The number of anilines is 2. The zero-order valence-electron chi connectivity index (χ0n) is 32.6. The third-order valence-corrected chi connectivity index (χ3v) is 10.5. The SMILES string of the molecule is CCCN(CC(=O)Nc1ccc(-c2[nH]c3ccc(NC(=O)C4CCCCN4C(=O)Cc4ccccc4)cc3c2-c2cccc(C)c2)cc1)C(=O)Cc1ccccc1. The number of carbonyl (C=O) groups is 4. The molecule has 1 unspecified atom stereocenters. The second-order valence-electron chi connectivity index (χ2n) is 14.9. The molecule has 1 aliphatic rings. The van der Waals surface area contributed by atoms with Gasteiger partial charge in [0, 0.05) is 40.9 Å². The number of aryl methyl sites for hydroxylation is 1. The van der Waals surface area contributed by atoms with Crippen LogP contribution in [0.3, 0.4) is 0 Å². The summed E-state index contributed by atoms with van der Waals surface area (Å²) >= 11 is 0. The van der Waals surface area contributed by atoms with E-state index in [4.69, 9.17) is 0 Å². The number of benzene rings is 5. The van der Waals surface area contributed by atoms with Gasteiger partial charge in [0.2, 0.25) is 23.6 Å². The summed E-state index contributed by atoms with van der Waals surface area (Å²) in [7, 11) is 0. The molecule has 1 atom stereocenters. The zero-order valence-corrected chi connectivity index (χ0v) is 32.6. The third kappa shape index (κ3) is 9.50. The highest BCUT2D eigenvalue weighted by Gasteiger charge is 2.32. The summed E-state index contributed by atoms with van der Waals surface area (Å²) in [5.74, 6) is -0.551. The minimum atomic E-state index is -0.535. The lowest BCUT2D eigenvalue weighted by Gasteiger charge is -2.35. The molecule has 9 heteroatoms. The first kappa shape index (κ1) is 38.8. The number of hydrogen-bond donors (Lipinski definition) is 3. The fourth-order valence-corrected chi connectivity index (χ4v) is 7.73. The molecule has 1 saturated heterocycles. The Morgan fingerprint density at radius 1 is 0.737 bits per heavy atom. The number of nitrogens with one attached hydrogen (secondary N) is 3. The van der Waals surface area contributed by atoms with Crippen molar-refractivity contribution in [3.05, 3.63) is 144 Å². The van der Waals surface area contributed by atoms with E-state index < -0.39 is 6.04 Å². The summed E-state index contributed by atoms with van der Waals surface area (Å²) in [5.41, 5.74) is 9.02. The number of fused-ring (bicyclic) bond motifs is 1. The van der Waals surface area contributed by atoms with Gasteiger partial charge in [0.15, 0.2) is 0 Å². The highest BCUT2D eigenvalue weighted by Crippen LogP contribution is 2.40. The molecular formula is C48H49N5O4. The maximum atomic E-state index is 13.8. The van der Waals surface area contributed by atoms with Crippen molar-refractivity contribution in [2.24, 2.45) is 0 Å². The quantitative estimate of drug-likeness (QED) is 0.109. The standard InChI is InChI=1S/C48H49N5O4/c1-3-26-52(44(55)29-34-14-6-4-7-15-34)32-43(54)49-38-22-20-36(21-23-38)47-46(37-18-12-13-33(2)28-37)40-31-39(24-25-41(40)51-47)50-48(57)42-19-10-11-27-53(42)45(56)30-35-16-8-5-9-17-35/h4-9,12-18,20-25,28,31,42,51H,3,10-11,19,26-27,29-30,32H2,1-2H3,(H,49,54)(H,50,57). The van der Waals surface area contributed by atoms with Crippen molar-refractivity contribution in [1.29, 1.82) is 0 Å². The minimum Gasteiger partial charge on any atom is -0.354 e. The first-order chi connectivity index (χ1) is 27.7. The molecule has 9 nitrogen and oxygen atoms in total. The molecule has 1 fully saturated rings. The number of likely N-dealkylation sites (tertiary alicyclic amines) is 1. The van der Waals surface area contributed by atoms with Crippen molar-refractivity contribution >= 4 is 45.9 Å². The lowest BCUT2D eigenvalue weighted by atomic mass is 9.96. The van der Waals surface area contributed by atoms with Crippen molar-refractivity contribution in [2.45, 2.75) is 58.4 Å². The molecule has 6 aromatic rings. The number of rotatable bonds is 13. The summed E-state index contributed by atoms with van der Waals surface area (Å²) in [6, 6.07) is 40.6. The molecule has 0 bridgehead atoms. The Bertz CT molecular complexity index is 2350. The average Bonchev–Trinajstić information content (AvgIpc) is 3.60. The second kappa shape index (κ2) is 18.0. The maximum absolute atomic E-state index is 13.8. The van der Waals surface area contributed by atoms with Crippen LogP contribution in [0.2, 0.25) is 0 Å². The Morgan fingerprint density at radius 2 is 1.44 bits per heavy atom. The molecule has 1 aromatic heterocycles. The van der Waals surface area contributed by atoms with Crippen LogP contribution in [0.1, 0.15) is 49.3 Å². The van der Waals surface area contributed by atoms with Gasteiger partial charge in [-0.25, -0.2) is 0 Å². The molecule has 57 heavy (non-hydrogen) atoms. The van der Waals surface area contributed by atoms with Gasteiger partial charge in [0.25, 0.3) is 0 Å². The largest absolute Gasteiger partial charge is 0.354 e. The van der Waals surface area contributed by atoms with E-state index in [9.17, 15) is 19.2 Å². The van der Waals surface area contributed by atoms with Crippen LogP contribution in [0.5, 0.6) is 0 Å². The zero-order chi connectivity index (χ0) is 39.7. The number of amides is 4. The summed E-state index contributed by atoms with van der Waals surface area (Å²) in [5, 5.41) is 7.07. The number of nitrogens with zero attached hydrogens (tertiary/aromatic N) is 2. The number of aromatic amines is 1. The fourth-order valence-electron chi connectivity index (χ4n) is 7.73. The van der Waals surface area contributed by atoms with Gasteiger partial charge in [-0.05, 0) is 85.2 Å². The molecule has 2 heterocycles. The summed E-state index contributed by atoms with van der Waals surface area (Å²) in [4.78, 5) is 60.5. The van der Waals surface area contributed by atoms with Gasteiger partial charge in [-0.1, -0.05) is 110 Å². The second-order valence-corrected chi connectivity index (χ2v) is 14.9. The van der Waals surface area contributed by atoms with Crippen molar-refractivity contribution < 1.29 is 19.2 Å². The monoisotopic (exact) mass is 759 g/mol. The fraction of sp³-hybridized carbons (Fsp3) is 0.250. The summed E-state index contributed by atoms with van der Waals surface area (Å²) in [6.45, 7) is 5.09. The number of aromatic nitrogens is 1. The van der Waals surface area contributed by atoms with Gasteiger partial charge in [-0.3, -0.25) is 19.2 Å². The van der Waals surface area contributed by atoms with Gasteiger partial charge in [0.05, 0.1) is 25.1 Å². The van der Waals surface area contributed by atoms with Crippen LogP contribution in [0.4, 0.5) is 11.4 Å². The Kier molecular flexibility index (Phi) is 12.2. The van der Waals surface area contributed by atoms with E-state index in [-0.39, 0.29) is 43.0 Å². The van der Waals surface area contributed by atoms with Crippen LogP contribution in [0.15, 0.2) is 127 Å². The van der Waals surface area contributed by atoms with E-state index >= 15 is 0 Å². The van der Waals surface area contributed by atoms with E-state index in [0.717, 1.165) is 69.2 Å². The van der Waals surface area contributed by atoms with Crippen LogP contribution >= 0.6 is 0 Å². The topological polar surface area (TPSA) is 115 Å². The average molecular weight is 760 g/mol. The van der Waals surface area contributed by atoms with Crippen LogP contribution in [-0.2, 0) is 32.0 Å². The smallest absolute Gasteiger partial charge is 0.247 e. The molecule has 0 saturated carbocycles. The van der Waals surface area contributed by atoms with Crippen LogP contribution in [0, 0.1) is 6.92 Å². The lowest BCUT2D eigenvalue weighted by Crippen LogP contribution is -2.50. The van der Waals surface area contributed by atoms with E-state index in [2.05, 4.69) is 40.7 Å². The molecule has 0 spiro atoms. The van der Waals surface area contributed by atoms with Crippen LogP contribution < -0.4 is 10.6 Å². The Hall–Kier alpha value is -6.48. The molecule has 1 aliphatic heterocycles. The lowest BCUT2D eigenvalue weighted by molar-refractivity contribution is -0.139. The maximum Gasteiger partial charge on any atom is 0.247 e. The highest BCUT2D eigenvalue weighted by atomic mass is 16.2. The van der Waals surface area contributed by atoms with E-state index in [1.54, 1.807) is 9.80 Å². The Labute approximate surface area is 334 Å². The molecule has 7 rings (SSSR count). The molecule has 0 radical (unpaired) electrons. The van der Waals surface area contributed by atoms with Gasteiger partial charge in [-0.15, -0.1) is 0 Å². The Balaban J connectivity index is 1.10. The number of carbonyl (C=O) groups excluding carboxylic acids is 4. The number of H-pyrrole nitrogens is 1. The van der Waals surface area contributed by atoms with Gasteiger partial charge >= 0.3 is 0 Å². The predicted octanol–water partition coefficient (Wildman–Crippen LogP) is 8.79. The van der Waals surface area contributed by atoms with Crippen molar-refractivity contribution in [1.82, 2.24) is 14.8 Å². The van der Waals surface area contributed by atoms with E-state index in [1.807, 2.05) is 116 Å². The van der Waals surface area contributed by atoms with E-state index in [0.29, 0.717) is 30.9 Å². The van der Waals surface area contributed by atoms with Crippen LogP contribution in [-0.4, -0.2) is 64.1 Å². The molecule has 4 amide bonds. The van der Waals surface area contributed by atoms with Crippen LogP contribution in [0.25, 0.3) is 33.3 Å². The normalized spacial score (nSPS) is 13.9. The van der Waals surface area contributed by atoms with Crippen molar-refractivity contribution in [3.8, 4) is 22.4 Å². The van der Waals surface area contributed by atoms with Crippen molar-refractivity contribution in [3.63, 3.8) is 0 Å². The van der Waals surface area contributed by atoms with Gasteiger partial charge < -0.3 is 25.4 Å². The summed E-state index contributed by atoms with van der Waals surface area (Å²) < 4.78 is 0. The highest BCUT2D eigenvalue weighted by molar-refractivity contribution is 6.07. The van der Waals surface area contributed by atoms with Crippen molar-refractivity contribution in [2.75, 3.05) is 30.3 Å². The van der Waals surface area contributed by atoms with Gasteiger partial charge in [0.1, 0.15) is 6.04 Å². The number of hydrogen-bond acceptors (Lipinski definition) is 4. The molecule has 5 aromatic carbocycles. The third-order valence-electron chi connectivity index (χ3n) is 10.5. The molecule has 290 valence electrons. The molecule has 0 aliphatic carbocycles. The summed E-state index contributed by atoms with van der Waals surface area (Å²) in [6.07, 6.45) is 3.66. The first-order valence-electron chi connectivity index (χ1n) is 19.8.